The third-order valence-electron chi connectivity index (χ3n) is 1.85. The summed E-state index contributed by atoms with van der Waals surface area (Å²) in [6.45, 7) is -0.550. The molecular weight excluding hydrogens is 216 g/mol. The maximum atomic E-state index is 10.4. The SMILES string of the molecule is Nc1cc([N+](=O)[O-])ccc1OC[C@@H](O)CO. The number of non-ortho nitro benzene ring substituents is 1. The second kappa shape index (κ2) is 5.29. The van der Waals surface area contributed by atoms with Crippen molar-refractivity contribution < 1.29 is 19.9 Å². The van der Waals surface area contributed by atoms with E-state index in [1.165, 1.54) is 18.2 Å². The van der Waals surface area contributed by atoms with E-state index in [9.17, 15) is 10.1 Å². The Morgan fingerprint density at radius 2 is 2.25 bits per heavy atom. The highest BCUT2D eigenvalue weighted by atomic mass is 16.6. The Bertz CT molecular complexity index is 382. The highest BCUT2D eigenvalue weighted by molar-refractivity contribution is 5.58. The van der Waals surface area contributed by atoms with Crippen LogP contribution in [0.2, 0.25) is 0 Å². The first-order valence-corrected chi connectivity index (χ1v) is 4.50. The quantitative estimate of drug-likeness (QED) is 0.368. The molecule has 0 aliphatic rings. The lowest BCUT2D eigenvalue weighted by molar-refractivity contribution is -0.384. The van der Waals surface area contributed by atoms with E-state index < -0.39 is 17.6 Å². The van der Waals surface area contributed by atoms with Crippen LogP contribution in [0.5, 0.6) is 5.75 Å². The number of hydrogen-bond acceptors (Lipinski definition) is 6. The summed E-state index contributed by atoms with van der Waals surface area (Å²) in [5.41, 5.74) is 5.49. The molecule has 0 spiro atoms. The number of nitro benzene ring substituents is 1. The first-order valence-electron chi connectivity index (χ1n) is 4.50. The summed E-state index contributed by atoms with van der Waals surface area (Å²) in [6, 6.07) is 3.76. The number of anilines is 1. The van der Waals surface area contributed by atoms with Gasteiger partial charge in [-0.1, -0.05) is 0 Å². The molecule has 1 aromatic carbocycles. The van der Waals surface area contributed by atoms with Crippen LogP contribution in [0.4, 0.5) is 11.4 Å². The molecule has 1 atom stereocenters. The summed E-state index contributed by atoms with van der Waals surface area (Å²) in [7, 11) is 0. The van der Waals surface area contributed by atoms with Crippen LogP contribution < -0.4 is 10.5 Å². The van der Waals surface area contributed by atoms with Gasteiger partial charge in [-0.05, 0) is 6.07 Å². The largest absolute Gasteiger partial charge is 0.489 e. The number of aliphatic hydroxyl groups excluding tert-OH is 2. The Morgan fingerprint density at radius 1 is 1.56 bits per heavy atom. The van der Waals surface area contributed by atoms with E-state index in [-0.39, 0.29) is 23.7 Å². The molecule has 88 valence electrons. The fourth-order valence-electron chi connectivity index (χ4n) is 1.02. The monoisotopic (exact) mass is 228 g/mol. The van der Waals surface area contributed by atoms with E-state index in [0.29, 0.717) is 0 Å². The average Bonchev–Trinajstić information content (AvgIpc) is 2.26. The number of nitro groups is 1. The molecule has 0 unspecified atom stereocenters. The van der Waals surface area contributed by atoms with E-state index >= 15 is 0 Å². The van der Waals surface area contributed by atoms with Crippen LogP contribution in [0.3, 0.4) is 0 Å². The lowest BCUT2D eigenvalue weighted by Gasteiger charge is -2.11. The number of nitrogen functional groups attached to an aromatic ring is 1. The van der Waals surface area contributed by atoms with E-state index in [0.717, 1.165) is 0 Å². The number of nitrogens with zero attached hydrogens (tertiary/aromatic N) is 1. The molecule has 0 bridgehead atoms. The molecule has 1 aromatic rings. The maximum Gasteiger partial charge on any atom is 0.271 e. The van der Waals surface area contributed by atoms with Crippen LogP contribution >= 0.6 is 0 Å². The van der Waals surface area contributed by atoms with Gasteiger partial charge in [0, 0.05) is 12.1 Å². The molecule has 7 nitrogen and oxygen atoms in total. The van der Waals surface area contributed by atoms with Crippen LogP contribution in [0, 0.1) is 10.1 Å². The van der Waals surface area contributed by atoms with Crippen molar-refractivity contribution in [2.24, 2.45) is 0 Å². The Hall–Kier alpha value is -1.86. The third-order valence-corrected chi connectivity index (χ3v) is 1.85. The van der Waals surface area contributed by atoms with Crippen molar-refractivity contribution in [3.63, 3.8) is 0 Å². The lowest BCUT2D eigenvalue weighted by atomic mass is 10.2. The molecule has 0 radical (unpaired) electrons. The van der Waals surface area contributed by atoms with Crippen molar-refractivity contribution >= 4 is 11.4 Å². The first kappa shape index (κ1) is 12.2. The van der Waals surface area contributed by atoms with Gasteiger partial charge in [0.1, 0.15) is 18.5 Å². The lowest BCUT2D eigenvalue weighted by Crippen LogP contribution is -2.21. The van der Waals surface area contributed by atoms with E-state index in [4.69, 9.17) is 20.7 Å². The summed E-state index contributed by atoms with van der Waals surface area (Å²) < 4.78 is 5.07. The molecule has 0 heterocycles. The minimum Gasteiger partial charge on any atom is -0.489 e. The van der Waals surface area contributed by atoms with Crippen molar-refractivity contribution in [2.75, 3.05) is 18.9 Å². The average molecular weight is 228 g/mol. The summed E-state index contributed by atoms with van der Waals surface area (Å²) in [6.07, 6.45) is -1.01. The van der Waals surface area contributed by atoms with Gasteiger partial charge in [-0.25, -0.2) is 0 Å². The molecule has 0 aliphatic heterocycles. The molecule has 4 N–H and O–H groups in total. The third kappa shape index (κ3) is 3.07. The number of hydrogen-bond donors (Lipinski definition) is 3. The predicted molar refractivity (Wildman–Crippen MR) is 56.1 cm³/mol. The number of nitrogens with two attached hydrogens (primary N) is 1. The molecule has 0 saturated heterocycles. The molecule has 0 aromatic heterocycles. The number of benzene rings is 1. The minimum atomic E-state index is -1.01. The zero-order valence-corrected chi connectivity index (χ0v) is 8.37. The van der Waals surface area contributed by atoms with Gasteiger partial charge in [-0.15, -0.1) is 0 Å². The summed E-state index contributed by atoms with van der Waals surface area (Å²) in [5.74, 6) is 0.234. The van der Waals surface area contributed by atoms with Crippen molar-refractivity contribution in [1.82, 2.24) is 0 Å². The smallest absolute Gasteiger partial charge is 0.271 e. The van der Waals surface area contributed by atoms with E-state index in [1.807, 2.05) is 0 Å². The number of rotatable bonds is 5. The number of aliphatic hydroxyl groups is 2. The van der Waals surface area contributed by atoms with Gasteiger partial charge in [0.05, 0.1) is 17.2 Å². The highest BCUT2D eigenvalue weighted by Crippen LogP contribution is 2.26. The molecule has 16 heavy (non-hydrogen) atoms. The fourth-order valence-corrected chi connectivity index (χ4v) is 1.02. The zero-order valence-electron chi connectivity index (χ0n) is 8.37. The van der Waals surface area contributed by atoms with Gasteiger partial charge < -0.3 is 20.7 Å². The van der Waals surface area contributed by atoms with Crippen LogP contribution in [0.15, 0.2) is 18.2 Å². The molecular formula is C9H12N2O5. The Labute approximate surface area is 91.2 Å². The van der Waals surface area contributed by atoms with Crippen molar-refractivity contribution in [3.8, 4) is 5.75 Å². The van der Waals surface area contributed by atoms with E-state index in [2.05, 4.69) is 0 Å². The van der Waals surface area contributed by atoms with Gasteiger partial charge in [-0.2, -0.15) is 0 Å². The zero-order chi connectivity index (χ0) is 12.1. The van der Waals surface area contributed by atoms with Crippen molar-refractivity contribution in [3.05, 3.63) is 28.3 Å². The maximum absolute atomic E-state index is 10.4. The molecule has 0 amide bonds. The Morgan fingerprint density at radius 3 is 2.75 bits per heavy atom. The van der Waals surface area contributed by atoms with Gasteiger partial charge in [0.2, 0.25) is 0 Å². The van der Waals surface area contributed by atoms with E-state index in [1.54, 1.807) is 0 Å². The van der Waals surface area contributed by atoms with Gasteiger partial charge in [-0.3, -0.25) is 10.1 Å². The van der Waals surface area contributed by atoms with Gasteiger partial charge in [0.25, 0.3) is 5.69 Å². The Balaban J connectivity index is 2.72. The standard InChI is InChI=1S/C9H12N2O5/c10-8-3-6(11(14)15)1-2-9(8)16-5-7(13)4-12/h1-3,7,12-13H,4-5,10H2/t7-/m0/s1. The topological polar surface area (TPSA) is 119 Å². The van der Waals surface area contributed by atoms with Crippen molar-refractivity contribution in [1.29, 1.82) is 0 Å². The molecule has 1 rings (SSSR count). The molecule has 0 fully saturated rings. The van der Waals surface area contributed by atoms with Gasteiger partial charge in [0.15, 0.2) is 0 Å². The second-order valence-electron chi connectivity index (χ2n) is 3.13. The second-order valence-corrected chi connectivity index (χ2v) is 3.13. The van der Waals surface area contributed by atoms with Crippen molar-refractivity contribution in [2.45, 2.75) is 6.10 Å². The normalized spacial score (nSPS) is 12.1. The molecule has 0 saturated carbocycles. The molecule has 0 aliphatic carbocycles. The highest BCUT2D eigenvalue weighted by Gasteiger charge is 2.10. The summed E-state index contributed by atoms with van der Waals surface area (Å²) >= 11 is 0. The summed E-state index contributed by atoms with van der Waals surface area (Å²) in [4.78, 5) is 9.85. The first-order chi connectivity index (χ1) is 7.54. The van der Waals surface area contributed by atoms with Crippen LogP contribution in [0.25, 0.3) is 0 Å². The van der Waals surface area contributed by atoms with Crippen LogP contribution in [-0.4, -0.2) is 34.5 Å². The van der Waals surface area contributed by atoms with Gasteiger partial charge >= 0.3 is 0 Å². The predicted octanol–water partition coefficient (Wildman–Crippen LogP) is -0.0910. The fraction of sp³-hybridized carbons (Fsp3) is 0.333. The number of ether oxygens (including phenoxy) is 1. The van der Waals surface area contributed by atoms with Crippen LogP contribution in [-0.2, 0) is 0 Å². The molecule has 7 heteroatoms. The Kier molecular flexibility index (Phi) is 4.03. The minimum absolute atomic E-state index is 0.110. The van der Waals surface area contributed by atoms with Crippen LogP contribution in [0.1, 0.15) is 0 Å². The summed E-state index contributed by atoms with van der Waals surface area (Å²) in [5, 5.41) is 28.0.